The summed E-state index contributed by atoms with van der Waals surface area (Å²) in [6, 6.07) is 14.1. The summed E-state index contributed by atoms with van der Waals surface area (Å²) in [6.07, 6.45) is 2.04. The number of aromatic nitrogens is 1. The lowest BCUT2D eigenvalue weighted by atomic mass is 10.1. The monoisotopic (exact) mass is 310 g/mol. The molecular weight excluding hydrogens is 288 g/mol. The molecule has 0 bridgehead atoms. The predicted molar refractivity (Wildman–Crippen MR) is 93.0 cm³/mol. The fourth-order valence-corrected chi connectivity index (χ4v) is 2.74. The van der Waals surface area contributed by atoms with E-state index in [-0.39, 0.29) is 0 Å². The van der Waals surface area contributed by atoms with Gasteiger partial charge >= 0.3 is 0 Å². The maximum Gasteiger partial charge on any atom is 0.171 e. The molecule has 0 radical (unpaired) electrons. The highest BCUT2D eigenvalue weighted by molar-refractivity contribution is 5.91. The molecule has 3 aromatic rings. The highest BCUT2D eigenvalue weighted by atomic mass is 16.5. The maximum atomic E-state index is 6.14. The second-order valence-electron chi connectivity index (χ2n) is 5.85. The summed E-state index contributed by atoms with van der Waals surface area (Å²) in [7, 11) is 5.79. The van der Waals surface area contributed by atoms with Crippen LogP contribution in [-0.4, -0.2) is 31.1 Å². The maximum absolute atomic E-state index is 6.14. The van der Waals surface area contributed by atoms with E-state index in [2.05, 4.69) is 36.1 Å². The van der Waals surface area contributed by atoms with Crippen LogP contribution in [0.4, 0.5) is 0 Å². The standard InChI is InChI=1S/C19H22N2O2/c1-21(2)12-15-11-20-16-9-10-17(22-3)19(18(15)16)23-13-14-7-5-4-6-8-14/h4-11,20H,12-13H2,1-3H3. The van der Waals surface area contributed by atoms with Crippen LogP contribution >= 0.6 is 0 Å². The van der Waals surface area contributed by atoms with Gasteiger partial charge in [0.25, 0.3) is 0 Å². The van der Waals surface area contributed by atoms with Crippen molar-refractivity contribution in [2.75, 3.05) is 21.2 Å². The van der Waals surface area contributed by atoms with Crippen molar-refractivity contribution in [1.29, 1.82) is 0 Å². The minimum atomic E-state index is 0.517. The number of benzene rings is 2. The van der Waals surface area contributed by atoms with Crippen LogP contribution in [0, 0.1) is 0 Å². The Morgan fingerprint density at radius 1 is 1.04 bits per heavy atom. The molecule has 4 heteroatoms. The first-order valence-electron chi connectivity index (χ1n) is 7.67. The van der Waals surface area contributed by atoms with Crippen molar-refractivity contribution in [3.05, 3.63) is 59.8 Å². The molecule has 0 amide bonds. The van der Waals surface area contributed by atoms with Crippen molar-refractivity contribution >= 4 is 10.9 Å². The van der Waals surface area contributed by atoms with E-state index < -0.39 is 0 Å². The average molecular weight is 310 g/mol. The smallest absolute Gasteiger partial charge is 0.171 e. The van der Waals surface area contributed by atoms with Crippen molar-refractivity contribution in [3.8, 4) is 11.5 Å². The summed E-state index contributed by atoms with van der Waals surface area (Å²) in [6.45, 7) is 1.36. The van der Waals surface area contributed by atoms with Crippen molar-refractivity contribution in [2.45, 2.75) is 13.2 Å². The molecule has 0 spiro atoms. The van der Waals surface area contributed by atoms with Crippen molar-refractivity contribution in [1.82, 2.24) is 9.88 Å². The summed E-state index contributed by atoms with van der Waals surface area (Å²) in [4.78, 5) is 5.46. The van der Waals surface area contributed by atoms with Gasteiger partial charge in [0.2, 0.25) is 0 Å². The second-order valence-corrected chi connectivity index (χ2v) is 5.85. The number of H-pyrrole nitrogens is 1. The van der Waals surface area contributed by atoms with Gasteiger partial charge in [0, 0.05) is 23.6 Å². The number of hydrogen-bond acceptors (Lipinski definition) is 3. The predicted octanol–water partition coefficient (Wildman–Crippen LogP) is 3.82. The second kappa shape index (κ2) is 6.75. The third kappa shape index (κ3) is 3.32. The summed E-state index contributed by atoms with van der Waals surface area (Å²) in [5, 5.41) is 1.09. The summed E-state index contributed by atoms with van der Waals surface area (Å²) >= 11 is 0. The lowest BCUT2D eigenvalue weighted by Crippen LogP contribution is -2.10. The normalized spacial score (nSPS) is 11.1. The quantitative estimate of drug-likeness (QED) is 0.752. The van der Waals surface area contributed by atoms with Crippen LogP contribution in [0.1, 0.15) is 11.1 Å². The number of nitrogens with zero attached hydrogens (tertiary/aromatic N) is 1. The van der Waals surface area contributed by atoms with E-state index >= 15 is 0 Å². The molecule has 0 atom stereocenters. The zero-order chi connectivity index (χ0) is 16.2. The molecule has 1 N–H and O–H groups in total. The van der Waals surface area contributed by atoms with Crippen LogP contribution in [-0.2, 0) is 13.2 Å². The fourth-order valence-electron chi connectivity index (χ4n) is 2.74. The Morgan fingerprint density at radius 3 is 2.52 bits per heavy atom. The molecule has 1 aromatic heterocycles. The van der Waals surface area contributed by atoms with Gasteiger partial charge in [-0.2, -0.15) is 0 Å². The molecule has 23 heavy (non-hydrogen) atoms. The number of ether oxygens (including phenoxy) is 2. The fraction of sp³-hybridized carbons (Fsp3) is 0.263. The highest BCUT2D eigenvalue weighted by Gasteiger charge is 2.15. The zero-order valence-electron chi connectivity index (χ0n) is 13.8. The zero-order valence-corrected chi connectivity index (χ0v) is 13.8. The first-order valence-corrected chi connectivity index (χ1v) is 7.67. The van der Waals surface area contributed by atoms with E-state index in [0.29, 0.717) is 6.61 Å². The van der Waals surface area contributed by atoms with Gasteiger partial charge in [-0.3, -0.25) is 0 Å². The number of methoxy groups -OCH3 is 1. The van der Waals surface area contributed by atoms with Crippen molar-refractivity contribution < 1.29 is 9.47 Å². The largest absolute Gasteiger partial charge is 0.493 e. The van der Waals surface area contributed by atoms with E-state index in [4.69, 9.17) is 9.47 Å². The molecule has 1 heterocycles. The molecular formula is C19H22N2O2. The van der Waals surface area contributed by atoms with Crippen molar-refractivity contribution in [2.24, 2.45) is 0 Å². The molecule has 0 aliphatic carbocycles. The Bertz CT molecular complexity index is 779. The molecule has 0 fully saturated rings. The van der Waals surface area contributed by atoms with Crippen LogP contribution in [0.25, 0.3) is 10.9 Å². The Balaban J connectivity index is 1.99. The molecule has 120 valence electrons. The van der Waals surface area contributed by atoms with Gasteiger partial charge in [-0.25, -0.2) is 0 Å². The molecule has 0 aliphatic rings. The number of aromatic amines is 1. The van der Waals surface area contributed by atoms with Crippen LogP contribution in [0.3, 0.4) is 0 Å². The molecule has 0 aliphatic heterocycles. The number of rotatable bonds is 6. The van der Waals surface area contributed by atoms with Gasteiger partial charge in [-0.1, -0.05) is 30.3 Å². The molecule has 0 saturated carbocycles. The van der Waals surface area contributed by atoms with Gasteiger partial charge in [0.05, 0.1) is 7.11 Å². The van der Waals surface area contributed by atoms with Crippen LogP contribution < -0.4 is 9.47 Å². The van der Waals surface area contributed by atoms with E-state index in [1.54, 1.807) is 7.11 Å². The van der Waals surface area contributed by atoms with Crippen LogP contribution in [0.15, 0.2) is 48.7 Å². The summed E-state index contributed by atoms with van der Waals surface area (Å²) in [5.41, 5.74) is 3.40. The first-order chi connectivity index (χ1) is 11.2. The van der Waals surface area contributed by atoms with Crippen LogP contribution in [0.5, 0.6) is 11.5 Å². The third-order valence-electron chi connectivity index (χ3n) is 3.78. The van der Waals surface area contributed by atoms with E-state index in [0.717, 1.165) is 34.5 Å². The van der Waals surface area contributed by atoms with E-state index in [9.17, 15) is 0 Å². The first kappa shape index (κ1) is 15.4. The number of fused-ring (bicyclic) bond motifs is 1. The van der Waals surface area contributed by atoms with Crippen molar-refractivity contribution in [3.63, 3.8) is 0 Å². The third-order valence-corrected chi connectivity index (χ3v) is 3.78. The Hall–Kier alpha value is -2.46. The molecule has 0 saturated heterocycles. The molecule has 0 unspecified atom stereocenters. The minimum absolute atomic E-state index is 0.517. The average Bonchev–Trinajstić information content (AvgIpc) is 2.96. The Kier molecular flexibility index (Phi) is 4.53. The summed E-state index contributed by atoms with van der Waals surface area (Å²) in [5.74, 6) is 1.56. The highest BCUT2D eigenvalue weighted by Crippen LogP contribution is 2.38. The Morgan fingerprint density at radius 2 is 1.83 bits per heavy atom. The molecule has 3 rings (SSSR count). The minimum Gasteiger partial charge on any atom is -0.493 e. The van der Waals surface area contributed by atoms with Gasteiger partial charge < -0.3 is 19.4 Å². The molecule has 4 nitrogen and oxygen atoms in total. The van der Waals surface area contributed by atoms with Gasteiger partial charge in [-0.15, -0.1) is 0 Å². The van der Waals surface area contributed by atoms with E-state index in [1.807, 2.05) is 36.5 Å². The Labute approximate surface area is 136 Å². The lowest BCUT2D eigenvalue weighted by molar-refractivity contribution is 0.288. The topological polar surface area (TPSA) is 37.5 Å². The molecule has 2 aromatic carbocycles. The van der Waals surface area contributed by atoms with Gasteiger partial charge in [-0.05, 0) is 37.4 Å². The van der Waals surface area contributed by atoms with Crippen LogP contribution in [0.2, 0.25) is 0 Å². The summed E-state index contributed by atoms with van der Waals surface area (Å²) < 4.78 is 11.7. The number of hydrogen-bond donors (Lipinski definition) is 1. The SMILES string of the molecule is COc1ccc2[nH]cc(CN(C)C)c2c1OCc1ccccc1. The lowest BCUT2D eigenvalue weighted by Gasteiger charge is -2.14. The van der Waals surface area contributed by atoms with E-state index in [1.165, 1.54) is 5.56 Å². The van der Waals surface area contributed by atoms with Gasteiger partial charge in [0.15, 0.2) is 11.5 Å². The van der Waals surface area contributed by atoms with Gasteiger partial charge in [0.1, 0.15) is 6.61 Å². The number of nitrogens with one attached hydrogen (secondary N) is 1.